The van der Waals surface area contributed by atoms with Crippen LogP contribution >= 0.6 is 0 Å². The van der Waals surface area contributed by atoms with Crippen molar-refractivity contribution in [3.63, 3.8) is 0 Å². The molecule has 0 amide bonds. The fourth-order valence-corrected chi connectivity index (χ4v) is 2.48. The maximum absolute atomic E-state index is 13.7. The van der Waals surface area contributed by atoms with Gasteiger partial charge in [-0.3, -0.25) is 0 Å². The van der Waals surface area contributed by atoms with Crippen molar-refractivity contribution in [2.24, 2.45) is 0 Å². The summed E-state index contributed by atoms with van der Waals surface area (Å²) in [6, 6.07) is 5.29. The van der Waals surface area contributed by atoms with Crippen LogP contribution < -0.4 is 10.2 Å². The molecule has 1 heterocycles. The fourth-order valence-electron chi connectivity index (χ4n) is 2.48. The van der Waals surface area contributed by atoms with Crippen molar-refractivity contribution in [3.05, 3.63) is 29.6 Å². The van der Waals surface area contributed by atoms with E-state index >= 15 is 0 Å². The second-order valence-electron chi connectivity index (χ2n) is 5.09. The monoisotopic (exact) mass is 266 g/mol. The molecule has 2 rings (SSSR count). The van der Waals surface area contributed by atoms with Gasteiger partial charge in [0.15, 0.2) is 0 Å². The summed E-state index contributed by atoms with van der Waals surface area (Å²) in [7, 11) is 1.74. The number of hydrogen-bond acceptors (Lipinski definition) is 3. The lowest BCUT2D eigenvalue weighted by Crippen LogP contribution is -2.22. The molecule has 4 heteroatoms. The molecular formula is C15H23FN2O. The van der Waals surface area contributed by atoms with Crippen molar-refractivity contribution in [2.75, 3.05) is 31.6 Å². The minimum absolute atomic E-state index is 0.160. The lowest BCUT2D eigenvalue weighted by molar-refractivity contribution is 0.121. The van der Waals surface area contributed by atoms with E-state index in [2.05, 4.69) is 23.2 Å². The van der Waals surface area contributed by atoms with Crippen LogP contribution in [-0.2, 0) is 11.3 Å². The minimum Gasteiger partial charge on any atom is -0.380 e. The van der Waals surface area contributed by atoms with E-state index in [9.17, 15) is 4.39 Å². The highest BCUT2D eigenvalue weighted by molar-refractivity contribution is 5.50. The van der Waals surface area contributed by atoms with Crippen LogP contribution in [0.15, 0.2) is 18.2 Å². The number of halogens is 1. The van der Waals surface area contributed by atoms with Crippen molar-refractivity contribution in [3.8, 4) is 0 Å². The van der Waals surface area contributed by atoms with Gasteiger partial charge in [0.05, 0.1) is 6.10 Å². The number of hydrogen-bond donors (Lipinski definition) is 1. The van der Waals surface area contributed by atoms with E-state index in [-0.39, 0.29) is 11.9 Å². The van der Waals surface area contributed by atoms with Crippen LogP contribution in [0.25, 0.3) is 0 Å². The molecule has 1 aromatic rings. The molecule has 1 fully saturated rings. The van der Waals surface area contributed by atoms with Crippen LogP contribution in [0.4, 0.5) is 10.1 Å². The van der Waals surface area contributed by atoms with Crippen molar-refractivity contribution < 1.29 is 9.13 Å². The predicted octanol–water partition coefficient (Wildman–Crippen LogP) is 2.55. The number of benzene rings is 1. The lowest BCUT2D eigenvalue weighted by atomic mass is 10.1. The highest BCUT2D eigenvalue weighted by Gasteiger charge is 2.22. The Morgan fingerprint density at radius 2 is 2.26 bits per heavy atom. The molecule has 19 heavy (non-hydrogen) atoms. The van der Waals surface area contributed by atoms with Crippen LogP contribution in [-0.4, -0.2) is 32.8 Å². The van der Waals surface area contributed by atoms with Gasteiger partial charge < -0.3 is 15.0 Å². The highest BCUT2D eigenvalue weighted by Crippen LogP contribution is 2.24. The van der Waals surface area contributed by atoms with E-state index in [0.29, 0.717) is 0 Å². The van der Waals surface area contributed by atoms with Crippen LogP contribution in [0.3, 0.4) is 0 Å². The Kier molecular flexibility index (Phi) is 5.16. The first-order chi connectivity index (χ1) is 9.22. The summed E-state index contributed by atoms with van der Waals surface area (Å²) < 4.78 is 19.0. The zero-order valence-electron chi connectivity index (χ0n) is 11.8. The molecule has 0 bridgehead atoms. The predicted molar refractivity (Wildman–Crippen MR) is 76.0 cm³/mol. The average Bonchev–Trinajstić information content (AvgIpc) is 2.87. The first-order valence-corrected chi connectivity index (χ1v) is 7.01. The number of rotatable bonds is 6. The molecule has 1 aliphatic rings. The van der Waals surface area contributed by atoms with E-state index in [1.807, 2.05) is 0 Å². The molecule has 1 aliphatic heterocycles. The fraction of sp³-hybridized carbons (Fsp3) is 0.600. The maximum Gasteiger partial charge on any atom is 0.125 e. The number of methoxy groups -OCH3 is 1. The average molecular weight is 266 g/mol. The van der Waals surface area contributed by atoms with Gasteiger partial charge in [-0.2, -0.15) is 0 Å². The van der Waals surface area contributed by atoms with E-state index < -0.39 is 0 Å². The maximum atomic E-state index is 13.7. The molecule has 1 atom stereocenters. The topological polar surface area (TPSA) is 24.5 Å². The van der Waals surface area contributed by atoms with Crippen molar-refractivity contribution in [2.45, 2.75) is 32.4 Å². The molecule has 1 unspecified atom stereocenters. The van der Waals surface area contributed by atoms with Gasteiger partial charge in [-0.1, -0.05) is 6.92 Å². The SMILES string of the molecule is CCCNCc1cc(F)cc(N2CCC(OC)C2)c1. The first kappa shape index (κ1) is 14.3. The van der Waals surface area contributed by atoms with Gasteiger partial charge in [-0.25, -0.2) is 4.39 Å². The molecular weight excluding hydrogens is 243 g/mol. The van der Waals surface area contributed by atoms with E-state index in [1.165, 1.54) is 0 Å². The molecule has 1 saturated heterocycles. The van der Waals surface area contributed by atoms with Gasteiger partial charge in [0.2, 0.25) is 0 Å². The standard InChI is InChI=1S/C15H23FN2O/c1-3-5-17-10-12-7-13(16)9-14(8-12)18-6-4-15(11-18)19-2/h7-9,15,17H,3-6,10-11H2,1-2H3. The molecule has 106 valence electrons. The van der Waals surface area contributed by atoms with Crippen LogP contribution in [0, 0.1) is 5.82 Å². The van der Waals surface area contributed by atoms with E-state index in [4.69, 9.17) is 4.74 Å². The van der Waals surface area contributed by atoms with Crippen molar-refractivity contribution >= 4 is 5.69 Å². The van der Waals surface area contributed by atoms with Gasteiger partial charge >= 0.3 is 0 Å². The molecule has 0 radical (unpaired) electrons. The Morgan fingerprint density at radius 3 is 2.95 bits per heavy atom. The third-order valence-corrected chi connectivity index (χ3v) is 3.54. The number of nitrogens with zero attached hydrogens (tertiary/aromatic N) is 1. The highest BCUT2D eigenvalue weighted by atomic mass is 19.1. The zero-order chi connectivity index (χ0) is 13.7. The smallest absolute Gasteiger partial charge is 0.125 e. The summed E-state index contributed by atoms with van der Waals surface area (Å²) in [5, 5.41) is 3.31. The Balaban J connectivity index is 2.04. The number of anilines is 1. The number of nitrogens with one attached hydrogen (secondary N) is 1. The minimum atomic E-state index is -0.160. The Hall–Kier alpha value is -1.13. The van der Waals surface area contributed by atoms with Gasteiger partial charge in [0.1, 0.15) is 5.82 Å². The molecule has 1 aromatic carbocycles. The van der Waals surface area contributed by atoms with Crippen LogP contribution in [0.5, 0.6) is 0 Å². The van der Waals surface area contributed by atoms with Gasteiger partial charge in [-0.05, 0) is 43.1 Å². The van der Waals surface area contributed by atoms with Crippen LogP contribution in [0.2, 0.25) is 0 Å². The molecule has 0 aromatic heterocycles. The van der Waals surface area contributed by atoms with E-state index in [1.54, 1.807) is 19.2 Å². The molecule has 3 nitrogen and oxygen atoms in total. The lowest BCUT2D eigenvalue weighted by Gasteiger charge is -2.19. The number of ether oxygens (including phenoxy) is 1. The summed E-state index contributed by atoms with van der Waals surface area (Å²) in [6.45, 7) is 5.59. The quantitative estimate of drug-likeness (QED) is 0.801. The van der Waals surface area contributed by atoms with Crippen molar-refractivity contribution in [1.82, 2.24) is 5.32 Å². The first-order valence-electron chi connectivity index (χ1n) is 7.01. The molecule has 0 saturated carbocycles. The zero-order valence-corrected chi connectivity index (χ0v) is 11.8. The molecule has 1 N–H and O–H groups in total. The normalized spacial score (nSPS) is 19.1. The second kappa shape index (κ2) is 6.87. The molecule has 0 aliphatic carbocycles. The Labute approximate surface area is 114 Å². The second-order valence-corrected chi connectivity index (χ2v) is 5.09. The summed E-state index contributed by atoms with van der Waals surface area (Å²) in [4.78, 5) is 2.20. The summed E-state index contributed by atoms with van der Waals surface area (Å²) in [6.07, 6.45) is 2.37. The third kappa shape index (κ3) is 3.91. The molecule has 0 spiro atoms. The third-order valence-electron chi connectivity index (χ3n) is 3.54. The largest absolute Gasteiger partial charge is 0.380 e. The summed E-state index contributed by atoms with van der Waals surface area (Å²) >= 11 is 0. The Bertz CT molecular complexity index is 411. The van der Waals surface area contributed by atoms with Gasteiger partial charge in [0, 0.05) is 32.4 Å². The van der Waals surface area contributed by atoms with Gasteiger partial charge in [0.25, 0.3) is 0 Å². The van der Waals surface area contributed by atoms with E-state index in [0.717, 1.165) is 50.3 Å². The van der Waals surface area contributed by atoms with Gasteiger partial charge in [-0.15, -0.1) is 0 Å². The summed E-state index contributed by atoms with van der Waals surface area (Å²) in [5.74, 6) is -0.160. The van der Waals surface area contributed by atoms with Crippen LogP contribution in [0.1, 0.15) is 25.3 Å². The Morgan fingerprint density at radius 1 is 1.42 bits per heavy atom. The van der Waals surface area contributed by atoms with Crippen molar-refractivity contribution in [1.29, 1.82) is 0 Å². The summed E-state index contributed by atoms with van der Waals surface area (Å²) in [5.41, 5.74) is 1.97.